The molecule has 2 aliphatic heterocycles. The van der Waals surface area contributed by atoms with E-state index in [1.165, 1.54) is 7.11 Å². The average molecular weight is 509 g/mol. The molecule has 2 aliphatic rings. The van der Waals surface area contributed by atoms with Crippen LogP contribution in [0.3, 0.4) is 0 Å². The Bertz CT molecular complexity index is 1100. The normalized spacial score (nSPS) is 21.8. The first-order valence-electron chi connectivity index (χ1n) is 13.0. The number of amides is 2. The van der Waals surface area contributed by atoms with Gasteiger partial charge in [0.15, 0.2) is 11.5 Å². The number of carbonyl (C=O) groups excluding carboxylic acids is 3. The number of methoxy groups -OCH3 is 2. The molecule has 0 N–H and O–H groups in total. The highest BCUT2D eigenvalue weighted by molar-refractivity contribution is 5.95. The van der Waals surface area contributed by atoms with Crippen LogP contribution in [0.2, 0.25) is 0 Å². The molecule has 2 aromatic rings. The summed E-state index contributed by atoms with van der Waals surface area (Å²) >= 11 is 0. The van der Waals surface area contributed by atoms with Crippen LogP contribution in [0, 0.1) is 11.8 Å². The van der Waals surface area contributed by atoms with Crippen molar-refractivity contribution in [2.75, 3.05) is 47.0 Å². The van der Waals surface area contributed by atoms with Crippen LogP contribution in [0.5, 0.6) is 11.5 Å². The van der Waals surface area contributed by atoms with Gasteiger partial charge in [-0.1, -0.05) is 30.3 Å². The Balaban J connectivity index is 1.57. The smallest absolute Gasteiger partial charge is 0.310 e. The molecule has 8 nitrogen and oxygen atoms in total. The number of carbonyl (C=O) groups is 3. The van der Waals surface area contributed by atoms with Crippen molar-refractivity contribution in [3.05, 3.63) is 59.7 Å². The van der Waals surface area contributed by atoms with Crippen LogP contribution in [0.15, 0.2) is 48.5 Å². The fourth-order valence-corrected chi connectivity index (χ4v) is 5.45. The summed E-state index contributed by atoms with van der Waals surface area (Å²) in [5.41, 5.74) is 1.59. The lowest BCUT2D eigenvalue weighted by Gasteiger charge is -2.41. The molecule has 0 bridgehead atoms. The summed E-state index contributed by atoms with van der Waals surface area (Å²) in [4.78, 5) is 43.3. The van der Waals surface area contributed by atoms with Crippen molar-refractivity contribution in [3.63, 3.8) is 0 Å². The topological polar surface area (TPSA) is 85.4 Å². The number of nitrogens with zero attached hydrogens (tertiary/aromatic N) is 2. The number of piperidine rings is 2. The van der Waals surface area contributed by atoms with Crippen LogP contribution in [0.25, 0.3) is 0 Å². The lowest BCUT2D eigenvalue weighted by atomic mass is 9.83. The van der Waals surface area contributed by atoms with Gasteiger partial charge >= 0.3 is 5.97 Å². The van der Waals surface area contributed by atoms with Gasteiger partial charge in [-0.05, 0) is 49.9 Å². The predicted molar refractivity (Wildman–Crippen MR) is 139 cm³/mol. The maximum atomic E-state index is 13.7. The van der Waals surface area contributed by atoms with Gasteiger partial charge in [0.1, 0.15) is 0 Å². The van der Waals surface area contributed by atoms with E-state index in [0.717, 1.165) is 18.4 Å². The molecule has 37 heavy (non-hydrogen) atoms. The standard InChI is InChI=1S/C29H36N2O6/c1-4-37-29(34)22-11-8-14-30(17-22)28(33)24-15-23(20-9-6-5-7-10-20)18-31(19-24)27(32)21-12-13-25(35-2)26(16-21)36-3/h5-7,9-10,12-13,16,22-24H,4,8,11,14-15,17-19H2,1-3H3/t22-,23+,24+/m1/s1. The Labute approximate surface area is 218 Å². The fraction of sp³-hybridized carbons (Fsp3) is 0.483. The average Bonchev–Trinajstić information content (AvgIpc) is 2.96. The highest BCUT2D eigenvalue weighted by Gasteiger charge is 2.39. The van der Waals surface area contributed by atoms with Crippen LogP contribution in [0.1, 0.15) is 48.0 Å². The van der Waals surface area contributed by atoms with E-state index in [1.807, 2.05) is 30.3 Å². The van der Waals surface area contributed by atoms with Crippen LogP contribution >= 0.6 is 0 Å². The maximum absolute atomic E-state index is 13.7. The van der Waals surface area contributed by atoms with E-state index < -0.39 is 0 Å². The van der Waals surface area contributed by atoms with Gasteiger partial charge in [-0.25, -0.2) is 0 Å². The van der Waals surface area contributed by atoms with Gasteiger partial charge in [-0.2, -0.15) is 0 Å². The largest absolute Gasteiger partial charge is 0.493 e. The van der Waals surface area contributed by atoms with Gasteiger partial charge in [0.2, 0.25) is 5.91 Å². The minimum Gasteiger partial charge on any atom is -0.493 e. The maximum Gasteiger partial charge on any atom is 0.310 e. The number of rotatable bonds is 7. The summed E-state index contributed by atoms with van der Waals surface area (Å²) in [6, 6.07) is 15.1. The van der Waals surface area contributed by atoms with Crippen LogP contribution in [-0.4, -0.2) is 74.6 Å². The molecule has 0 radical (unpaired) electrons. The van der Waals surface area contributed by atoms with Gasteiger partial charge in [0.05, 0.1) is 32.7 Å². The van der Waals surface area contributed by atoms with E-state index in [2.05, 4.69) is 0 Å². The van der Waals surface area contributed by atoms with E-state index in [-0.39, 0.29) is 35.5 Å². The van der Waals surface area contributed by atoms with Crippen LogP contribution in [0.4, 0.5) is 0 Å². The Hall–Kier alpha value is -3.55. The van der Waals surface area contributed by atoms with Gasteiger partial charge < -0.3 is 24.0 Å². The van der Waals surface area contributed by atoms with E-state index in [1.54, 1.807) is 42.0 Å². The Morgan fingerprint density at radius 3 is 2.32 bits per heavy atom. The molecule has 2 heterocycles. The Kier molecular flexibility index (Phi) is 8.69. The SMILES string of the molecule is CCOC(=O)[C@@H]1CCCN(C(=O)[C@H]2C[C@H](c3ccccc3)CN(C(=O)c3ccc(OC)c(OC)c3)C2)C1. The van der Waals surface area contributed by atoms with Gasteiger partial charge in [-0.15, -0.1) is 0 Å². The highest BCUT2D eigenvalue weighted by atomic mass is 16.5. The molecule has 2 fully saturated rings. The third-order valence-corrected chi connectivity index (χ3v) is 7.34. The van der Waals surface area contributed by atoms with Gasteiger partial charge in [-0.3, -0.25) is 14.4 Å². The summed E-state index contributed by atoms with van der Waals surface area (Å²) < 4.78 is 15.9. The van der Waals surface area contributed by atoms with E-state index in [0.29, 0.717) is 56.3 Å². The van der Waals surface area contributed by atoms with Crippen LogP contribution < -0.4 is 9.47 Å². The zero-order valence-corrected chi connectivity index (χ0v) is 21.9. The molecule has 0 saturated carbocycles. The van der Waals surface area contributed by atoms with E-state index in [4.69, 9.17) is 14.2 Å². The van der Waals surface area contributed by atoms with Gasteiger partial charge in [0.25, 0.3) is 5.91 Å². The molecule has 8 heteroatoms. The molecule has 2 amide bonds. The van der Waals surface area contributed by atoms with Crippen molar-refractivity contribution in [2.45, 2.75) is 32.1 Å². The third kappa shape index (κ3) is 6.06. The van der Waals surface area contributed by atoms with Gasteiger partial charge in [0, 0.05) is 37.7 Å². The Morgan fingerprint density at radius 1 is 0.892 bits per heavy atom. The molecule has 3 atom stereocenters. The molecule has 0 unspecified atom stereocenters. The van der Waals surface area contributed by atoms with Crippen molar-refractivity contribution < 1.29 is 28.6 Å². The second-order valence-electron chi connectivity index (χ2n) is 9.70. The minimum absolute atomic E-state index is 0.000240. The van der Waals surface area contributed by atoms with E-state index >= 15 is 0 Å². The minimum atomic E-state index is -0.357. The molecular formula is C29H36N2O6. The van der Waals surface area contributed by atoms with Crippen molar-refractivity contribution in [1.82, 2.24) is 9.80 Å². The quantitative estimate of drug-likeness (QED) is 0.530. The molecular weight excluding hydrogens is 472 g/mol. The lowest BCUT2D eigenvalue weighted by molar-refractivity contribution is -0.152. The first kappa shape index (κ1) is 26.5. The van der Waals surface area contributed by atoms with E-state index in [9.17, 15) is 14.4 Å². The predicted octanol–water partition coefficient (Wildman–Crippen LogP) is 3.75. The second-order valence-corrected chi connectivity index (χ2v) is 9.70. The first-order chi connectivity index (χ1) is 17.9. The van der Waals surface area contributed by atoms with Crippen molar-refractivity contribution in [1.29, 1.82) is 0 Å². The van der Waals surface area contributed by atoms with Crippen molar-refractivity contribution >= 4 is 17.8 Å². The third-order valence-electron chi connectivity index (χ3n) is 7.34. The number of hydrogen-bond donors (Lipinski definition) is 0. The Morgan fingerprint density at radius 2 is 1.62 bits per heavy atom. The zero-order valence-electron chi connectivity index (χ0n) is 21.9. The second kappa shape index (κ2) is 12.1. The molecule has 2 saturated heterocycles. The number of likely N-dealkylation sites (tertiary alicyclic amines) is 2. The summed E-state index contributed by atoms with van der Waals surface area (Å²) in [6.07, 6.45) is 2.14. The van der Waals surface area contributed by atoms with Crippen LogP contribution in [-0.2, 0) is 14.3 Å². The number of hydrogen-bond acceptors (Lipinski definition) is 6. The molecule has 0 aromatic heterocycles. The molecule has 4 rings (SSSR count). The van der Waals surface area contributed by atoms with Crippen molar-refractivity contribution in [3.8, 4) is 11.5 Å². The summed E-state index contributed by atoms with van der Waals surface area (Å²) in [6.45, 7) is 3.96. The zero-order chi connectivity index (χ0) is 26.4. The summed E-state index contributed by atoms with van der Waals surface area (Å²) in [5, 5.41) is 0. The molecule has 0 aliphatic carbocycles. The first-order valence-corrected chi connectivity index (χ1v) is 13.0. The summed E-state index contributed by atoms with van der Waals surface area (Å²) in [5.74, 6) is 0.0154. The molecule has 198 valence electrons. The number of esters is 1. The lowest BCUT2D eigenvalue weighted by Crippen LogP contribution is -2.51. The number of ether oxygens (including phenoxy) is 3. The summed E-state index contributed by atoms with van der Waals surface area (Å²) in [7, 11) is 3.09. The molecule has 0 spiro atoms. The fourth-order valence-electron chi connectivity index (χ4n) is 5.45. The number of benzene rings is 2. The van der Waals surface area contributed by atoms with Crippen molar-refractivity contribution in [2.24, 2.45) is 11.8 Å². The highest BCUT2D eigenvalue weighted by Crippen LogP contribution is 2.34. The monoisotopic (exact) mass is 508 g/mol. The molecule has 2 aromatic carbocycles.